The number of aliphatic hydroxyl groups is 3. The molecule has 0 aliphatic carbocycles. The fourth-order valence-electron chi connectivity index (χ4n) is 5.66. The molecular weight excluding hydrogens is 662 g/mol. The van der Waals surface area contributed by atoms with Crippen molar-refractivity contribution in [2.24, 2.45) is 23.7 Å². The number of esters is 2. The van der Waals surface area contributed by atoms with E-state index in [-0.39, 0.29) is 25.3 Å². The Kier molecular flexibility index (Phi) is 23.1. The summed E-state index contributed by atoms with van der Waals surface area (Å²) in [7, 11) is 0. The quantitative estimate of drug-likeness (QED) is 0.0431. The highest BCUT2D eigenvalue weighted by Crippen LogP contribution is 2.29. The minimum absolute atomic E-state index is 0.0174. The predicted octanol–water partition coefficient (Wildman–Crippen LogP) is -3.49. The third-order valence-electron chi connectivity index (χ3n) is 8.61. The number of hydrogen-bond donors (Lipinski definition) is 4. The van der Waals surface area contributed by atoms with Gasteiger partial charge in [0.1, 0.15) is 24.4 Å². The van der Waals surface area contributed by atoms with Crippen molar-refractivity contribution in [3.05, 3.63) is 0 Å². The largest absolute Gasteiger partial charge is 0.550 e. The zero-order valence-corrected chi connectivity index (χ0v) is 29.6. The van der Waals surface area contributed by atoms with Crippen LogP contribution in [0.4, 0.5) is 0 Å². The molecule has 16 heteroatoms. The number of quaternary nitrogens is 1. The van der Waals surface area contributed by atoms with Crippen LogP contribution in [0.25, 0.3) is 0 Å². The summed E-state index contributed by atoms with van der Waals surface area (Å²) < 4.78 is 11.3. The molecule has 16 nitrogen and oxygen atoms in total. The molecule has 0 amide bonds. The third kappa shape index (κ3) is 21.0. The molecule has 290 valence electrons. The second-order valence-corrected chi connectivity index (χ2v) is 13.6. The molecule has 0 rings (SSSR count). The van der Waals surface area contributed by atoms with Gasteiger partial charge in [-0.3, -0.25) is 9.59 Å². The summed E-state index contributed by atoms with van der Waals surface area (Å²) in [6, 6.07) is -0.236. The van der Waals surface area contributed by atoms with E-state index < -0.39 is 116 Å². The van der Waals surface area contributed by atoms with E-state index >= 15 is 0 Å². The van der Waals surface area contributed by atoms with E-state index in [9.17, 15) is 64.5 Å². The highest BCUT2D eigenvalue weighted by molar-refractivity contribution is 5.82. The lowest BCUT2D eigenvalue weighted by molar-refractivity contribution is -0.432. The maximum absolute atomic E-state index is 13.0. The van der Waals surface area contributed by atoms with Gasteiger partial charge in [0.2, 0.25) is 0 Å². The van der Waals surface area contributed by atoms with Gasteiger partial charge in [-0.2, -0.15) is 0 Å². The molecule has 0 unspecified atom stereocenters. The Morgan fingerprint density at radius 3 is 1.52 bits per heavy atom. The lowest BCUT2D eigenvalue weighted by atomic mass is 9.87. The summed E-state index contributed by atoms with van der Waals surface area (Å²) in [4.78, 5) is 70.9. The number of unbranched alkanes of at least 4 members (excludes halogenated alkanes) is 2. The van der Waals surface area contributed by atoms with E-state index in [1.54, 1.807) is 20.8 Å². The van der Waals surface area contributed by atoms with Crippen molar-refractivity contribution >= 4 is 35.8 Å². The van der Waals surface area contributed by atoms with Crippen LogP contribution in [0.3, 0.4) is 0 Å². The van der Waals surface area contributed by atoms with Gasteiger partial charge in [-0.1, -0.05) is 46.5 Å². The summed E-state index contributed by atoms with van der Waals surface area (Å²) in [5, 5.41) is 75.8. The zero-order chi connectivity index (χ0) is 38.6. The summed E-state index contributed by atoms with van der Waals surface area (Å²) >= 11 is 0. The van der Waals surface area contributed by atoms with Gasteiger partial charge in [-0.25, -0.2) is 0 Å². The Morgan fingerprint density at radius 2 is 1.10 bits per heavy atom. The fourth-order valence-corrected chi connectivity index (χ4v) is 5.66. The van der Waals surface area contributed by atoms with Gasteiger partial charge in [0.15, 0.2) is 0 Å². The smallest absolute Gasteiger partial charge is 0.306 e. The van der Waals surface area contributed by atoms with Crippen molar-refractivity contribution in [3.8, 4) is 0 Å². The van der Waals surface area contributed by atoms with Crippen LogP contribution in [0.5, 0.6) is 0 Å². The van der Waals surface area contributed by atoms with Crippen molar-refractivity contribution in [2.45, 2.75) is 154 Å². The SMILES string of the molecule is CCCC[C@@H](C)[C@@H](OC(=O)C[C@@H](CC(=O)[O-])C(=O)[O-])[C@H](C[C@@H](C)C[C@H](O)CCCC[C@@H](O)C[C@H](O)[C@H](C)[NH3+])OC(=O)C[C@@H](CC(=O)[O-])C(=O)[O-]. The normalized spacial score (nSPS) is 17.5. The second kappa shape index (κ2) is 24.7. The zero-order valence-electron chi connectivity index (χ0n) is 29.6. The van der Waals surface area contributed by atoms with Gasteiger partial charge in [0, 0.05) is 42.1 Å². The third-order valence-corrected chi connectivity index (χ3v) is 8.61. The second-order valence-electron chi connectivity index (χ2n) is 13.6. The lowest BCUT2D eigenvalue weighted by Gasteiger charge is -2.34. The number of rotatable bonds is 29. The Labute approximate surface area is 293 Å². The summed E-state index contributed by atoms with van der Waals surface area (Å²) in [5.74, 6) is -13.8. The van der Waals surface area contributed by atoms with E-state index in [0.29, 0.717) is 38.5 Å². The van der Waals surface area contributed by atoms with Crippen molar-refractivity contribution in [1.82, 2.24) is 0 Å². The topological polar surface area (TPSA) is 301 Å². The molecule has 50 heavy (non-hydrogen) atoms. The van der Waals surface area contributed by atoms with Crippen molar-refractivity contribution in [3.63, 3.8) is 0 Å². The molecule has 0 aliphatic rings. The molecule has 0 fully saturated rings. The van der Waals surface area contributed by atoms with E-state index in [0.717, 1.165) is 6.42 Å². The van der Waals surface area contributed by atoms with Gasteiger partial charge in [-0.05, 0) is 63.7 Å². The highest BCUT2D eigenvalue weighted by Gasteiger charge is 2.36. The van der Waals surface area contributed by atoms with Crippen molar-refractivity contribution < 1.29 is 79.7 Å². The minimum atomic E-state index is -1.82. The fraction of sp³-hybridized carbons (Fsp3) is 0.824. The molecule has 0 heterocycles. The number of carboxylic acid groups (broad SMARTS) is 4. The van der Waals surface area contributed by atoms with Crippen molar-refractivity contribution in [2.75, 3.05) is 0 Å². The summed E-state index contributed by atoms with van der Waals surface area (Å²) in [6.45, 7) is 7.07. The average Bonchev–Trinajstić information content (AvgIpc) is 2.99. The molecule has 0 aromatic carbocycles. The number of aliphatic carboxylic acids is 4. The van der Waals surface area contributed by atoms with Crippen LogP contribution in [0.2, 0.25) is 0 Å². The first kappa shape index (κ1) is 46.7. The number of carbonyl (C=O) groups excluding carboxylic acids is 6. The first-order valence-electron chi connectivity index (χ1n) is 17.3. The van der Waals surface area contributed by atoms with E-state index in [1.165, 1.54) is 0 Å². The van der Waals surface area contributed by atoms with Gasteiger partial charge in [0.05, 0.1) is 25.0 Å². The predicted molar refractivity (Wildman–Crippen MR) is 166 cm³/mol. The first-order chi connectivity index (χ1) is 23.3. The maximum Gasteiger partial charge on any atom is 0.306 e. The van der Waals surface area contributed by atoms with Crippen LogP contribution in [-0.2, 0) is 38.2 Å². The van der Waals surface area contributed by atoms with Crippen LogP contribution in [0.15, 0.2) is 0 Å². The molecule has 0 saturated heterocycles. The number of carboxylic acids is 4. The number of ether oxygens (including phenoxy) is 2. The number of carbonyl (C=O) groups is 6. The van der Waals surface area contributed by atoms with E-state index in [1.807, 2.05) is 6.92 Å². The standard InChI is InChI=1S/C34H59NO15/c1-5-6-9-20(3)32(50-31(44)17-23(34(47)48)15-29(41)42)27(49-30(43)16-22(33(45)46)14-28(39)40)13-19(2)12-24(36)10-7-8-11-25(37)18-26(38)21(4)35/h19-27,32,36-38H,5-18,35H2,1-4H3,(H,39,40)(H,41,42)(H,45,46)(H,47,48)/p-3/t19-,20+,21-,22+,23+,24+,25+,26-,27-,32+/m0/s1. The molecular formula is C34H56NO15-3. The van der Waals surface area contributed by atoms with E-state index in [4.69, 9.17) is 9.47 Å². The number of hydrogen-bond acceptors (Lipinski definition) is 15. The number of aliphatic hydroxyl groups excluding tert-OH is 3. The monoisotopic (exact) mass is 718 g/mol. The van der Waals surface area contributed by atoms with E-state index in [2.05, 4.69) is 5.73 Å². The molecule has 0 aliphatic heterocycles. The summed E-state index contributed by atoms with van der Waals surface area (Å²) in [6.07, 6.45) is -4.45. The van der Waals surface area contributed by atoms with Gasteiger partial charge in [-0.15, -0.1) is 0 Å². The minimum Gasteiger partial charge on any atom is -0.550 e. The molecule has 0 bridgehead atoms. The Balaban J connectivity index is 5.98. The molecule has 6 N–H and O–H groups in total. The van der Waals surface area contributed by atoms with Gasteiger partial charge >= 0.3 is 11.9 Å². The Morgan fingerprint density at radius 1 is 0.640 bits per heavy atom. The average molecular weight is 719 g/mol. The molecule has 0 saturated carbocycles. The van der Waals surface area contributed by atoms with Crippen LogP contribution in [0, 0.1) is 23.7 Å². The lowest BCUT2D eigenvalue weighted by Crippen LogP contribution is -2.64. The van der Waals surface area contributed by atoms with Crippen molar-refractivity contribution in [1.29, 1.82) is 0 Å². The molecule has 10 atom stereocenters. The van der Waals surface area contributed by atoms with Gasteiger partial charge < -0.3 is 70.1 Å². The molecule has 0 aromatic rings. The van der Waals surface area contributed by atoms with Gasteiger partial charge in [0.25, 0.3) is 0 Å². The Bertz CT molecular complexity index is 1070. The summed E-state index contributed by atoms with van der Waals surface area (Å²) in [5.41, 5.74) is 3.74. The maximum atomic E-state index is 13.0. The Hall–Kier alpha value is -3.34. The molecule has 0 spiro atoms. The highest BCUT2D eigenvalue weighted by atomic mass is 16.6. The first-order valence-corrected chi connectivity index (χ1v) is 17.3. The van der Waals surface area contributed by atoms with Crippen LogP contribution in [0.1, 0.15) is 118 Å². The molecule has 0 radical (unpaired) electrons. The van der Waals surface area contributed by atoms with Crippen LogP contribution < -0.4 is 26.2 Å². The van der Waals surface area contributed by atoms with Crippen LogP contribution >= 0.6 is 0 Å². The van der Waals surface area contributed by atoms with Crippen LogP contribution in [-0.4, -0.2) is 87.7 Å². The molecule has 0 aromatic heterocycles.